The lowest BCUT2D eigenvalue weighted by Crippen LogP contribution is -1.92. The van der Waals surface area contributed by atoms with E-state index in [0.717, 1.165) is 0 Å². The molecule has 45 heavy (non-hydrogen) atoms. The third-order valence-corrected chi connectivity index (χ3v) is 7.07. The molecule has 8 aromatic carbocycles. The Morgan fingerprint density at radius 3 is 1.36 bits per heavy atom. The largest absolute Gasteiger partial charge is 0.456 e. The van der Waals surface area contributed by atoms with E-state index < -0.39 is 257 Å². The third-order valence-electron chi connectivity index (χ3n) is 7.07. The summed E-state index contributed by atoms with van der Waals surface area (Å²) in [5.41, 5.74) is -8.25. The zero-order valence-corrected chi connectivity index (χ0v) is 22.4. The van der Waals surface area contributed by atoms with Crippen molar-refractivity contribution in [1.29, 1.82) is 0 Å². The van der Waals surface area contributed by atoms with Gasteiger partial charge in [-0.25, -0.2) is 0 Å². The van der Waals surface area contributed by atoms with E-state index in [2.05, 4.69) is 0 Å². The molecule has 0 aliphatic heterocycles. The van der Waals surface area contributed by atoms with Crippen molar-refractivity contribution in [3.05, 3.63) is 169 Å². The molecule has 0 unspecified atom stereocenters. The standard InChI is InChI=1S/C44H28O/c1-3-14-29(15-4-1)31-26-32(30-16-5-2-6-17-30)28-33(27-31)42-34-18-7-9-20-36(34)43(37-21-10-8-19-35(37)42)39-23-13-25-41-44(39)38-22-11-12-24-40(38)45-41/h1-28H/i1D,2D,3D,4D,5D,6D,7D,8D,9D,10D,11D,12D,13D,14D,15D,16D,17D,18D,19D,20D,21D,22D,23D,24D,25D,26D,27D,28D. The van der Waals surface area contributed by atoms with Crippen molar-refractivity contribution in [2.45, 2.75) is 0 Å². The van der Waals surface area contributed by atoms with Gasteiger partial charge in [0.1, 0.15) is 11.2 Å². The molecule has 0 aliphatic carbocycles. The van der Waals surface area contributed by atoms with E-state index in [9.17, 15) is 11.0 Å². The highest BCUT2D eigenvalue weighted by molar-refractivity contribution is 6.25. The fourth-order valence-electron chi connectivity index (χ4n) is 5.27. The summed E-state index contributed by atoms with van der Waals surface area (Å²) in [5, 5.41) is -4.28. The fourth-order valence-corrected chi connectivity index (χ4v) is 5.27. The molecular weight excluding hydrogens is 544 g/mol. The minimum atomic E-state index is -1.16. The van der Waals surface area contributed by atoms with Crippen molar-refractivity contribution in [1.82, 2.24) is 0 Å². The number of furan rings is 1. The molecule has 1 heteroatoms. The molecule has 0 amide bonds. The Bertz CT molecular complexity index is 3880. The van der Waals surface area contributed by atoms with Gasteiger partial charge in [0.2, 0.25) is 0 Å². The zero-order chi connectivity index (χ0) is 54.1. The smallest absolute Gasteiger partial charge is 0.136 e. The first-order chi connectivity index (χ1) is 34.0. The van der Waals surface area contributed by atoms with Crippen molar-refractivity contribution in [2.24, 2.45) is 0 Å². The second-order valence-corrected chi connectivity index (χ2v) is 9.51. The monoisotopic (exact) mass is 600 g/mol. The Balaban J connectivity index is 1.70. The summed E-state index contributed by atoms with van der Waals surface area (Å²) in [6, 6.07) is -27.9. The van der Waals surface area contributed by atoms with Crippen LogP contribution in [0.2, 0.25) is 0 Å². The summed E-state index contributed by atoms with van der Waals surface area (Å²) in [6.07, 6.45) is 0. The second-order valence-electron chi connectivity index (χ2n) is 9.51. The topological polar surface area (TPSA) is 13.1 Å². The summed E-state index contributed by atoms with van der Waals surface area (Å²) in [6.45, 7) is 0. The average Bonchev–Trinajstić information content (AvgIpc) is 3.76. The molecule has 1 heterocycles. The summed E-state index contributed by atoms with van der Waals surface area (Å²) in [7, 11) is 0. The Kier molecular flexibility index (Phi) is 2.32. The average molecular weight is 601 g/mol. The van der Waals surface area contributed by atoms with Crippen LogP contribution in [0.15, 0.2) is 174 Å². The molecule has 210 valence electrons. The lowest BCUT2D eigenvalue weighted by Gasteiger charge is -2.19. The number of hydrogen-bond donors (Lipinski definition) is 0. The van der Waals surface area contributed by atoms with Gasteiger partial charge in [-0.15, -0.1) is 0 Å². The zero-order valence-electron chi connectivity index (χ0n) is 50.4. The Labute approximate surface area is 301 Å². The quantitative estimate of drug-likeness (QED) is 0.183. The first kappa shape index (κ1) is 10.1. The summed E-state index contributed by atoms with van der Waals surface area (Å²) in [5.74, 6) is 0. The molecule has 9 aromatic rings. The number of hydrogen-bond acceptors (Lipinski definition) is 1. The molecular formula is C44H28O. The lowest BCUT2D eigenvalue weighted by atomic mass is 9.83. The Morgan fingerprint density at radius 2 is 0.778 bits per heavy atom. The molecule has 1 aromatic heterocycles. The van der Waals surface area contributed by atoms with Gasteiger partial charge in [0, 0.05) is 10.8 Å². The van der Waals surface area contributed by atoms with E-state index >= 15 is 0 Å². The maximum absolute atomic E-state index is 9.91. The molecule has 9 rings (SSSR count). The van der Waals surface area contributed by atoms with E-state index in [-0.39, 0.29) is 0 Å². The number of rotatable bonds is 4. The normalized spacial score (nSPS) is 20.3. The van der Waals surface area contributed by atoms with Gasteiger partial charge < -0.3 is 4.42 Å². The van der Waals surface area contributed by atoms with Crippen molar-refractivity contribution in [3.63, 3.8) is 0 Å². The van der Waals surface area contributed by atoms with Crippen LogP contribution < -0.4 is 0 Å². The van der Waals surface area contributed by atoms with Gasteiger partial charge in [0.25, 0.3) is 0 Å². The predicted octanol–water partition coefficient (Wildman–Crippen LogP) is 12.6. The van der Waals surface area contributed by atoms with Crippen LogP contribution in [-0.4, -0.2) is 0 Å². The molecule has 1 nitrogen and oxygen atoms in total. The summed E-state index contributed by atoms with van der Waals surface area (Å²) >= 11 is 0. The van der Waals surface area contributed by atoms with Crippen molar-refractivity contribution in [3.8, 4) is 44.5 Å². The molecule has 0 atom stereocenters. The molecule has 0 fully saturated rings. The molecule has 0 spiro atoms. The Morgan fingerprint density at radius 1 is 0.333 bits per heavy atom. The highest BCUT2D eigenvalue weighted by Gasteiger charge is 2.20. The summed E-state index contributed by atoms with van der Waals surface area (Å²) < 4.78 is 257. The van der Waals surface area contributed by atoms with Crippen LogP contribution in [0.1, 0.15) is 38.4 Å². The van der Waals surface area contributed by atoms with Crippen LogP contribution in [0.5, 0.6) is 0 Å². The lowest BCUT2D eigenvalue weighted by molar-refractivity contribution is 0.669. The number of para-hydroxylation sites is 1. The van der Waals surface area contributed by atoms with Crippen LogP contribution in [0.3, 0.4) is 0 Å². The summed E-state index contributed by atoms with van der Waals surface area (Å²) in [4.78, 5) is 0. The van der Waals surface area contributed by atoms with Gasteiger partial charge in [-0.05, 0) is 96.3 Å². The van der Waals surface area contributed by atoms with E-state index in [0.29, 0.717) is 0 Å². The SMILES string of the molecule is [2H]c1c([2H])c([2H])c(-c2c([2H])c(-c3c([2H])c([2H])c([2H])c([2H])c3[2H])c([2H])c(-c3c4c([2H])c([2H])c([2H])c([2H])c4c(-c4c([2H])c([2H])c([2H])c5oc6c([2H])c([2H])c([2H])c([2H])c6c45)c4c([2H])c([2H])c([2H])c([2H])c34)c2[2H])c([2H])c1[2H]. The molecule has 0 radical (unpaired) electrons. The van der Waals surface area contributed by atoms with E-state index in [4.69, 9.17) is 31.8 Å². The molecule has 0 N–H and O–H groups in total. The van der Waals surface area contributed by atoms with Gasteiger partial charge in [0.05, 0.1) is 38.4 Å². The third kappa shape index (κ3) is 4.17. The van der Waals surface area contributed by atoms with E-state index in [1.807, 2.05) is 0 Å². The van der Waals surface area contributed by atoms with Gasteiger partial charge >= 0.3 is 0 Å². The molecule has 0 aliphatic rings. The van der Waals surface area contributed by atoms with Crippen molar-refractivity contribution in [2.75, 3.05) is 0 Å². The first-order valence-electron chi connectivity index (χ1n) is 27.2. The molecule has 0 bridgehead atoms. The van der Waals surface area contributed by atoms with Crippen molar-refractivity contribution >= 4 is 43.5 Å². The number of benzene rings is 8. The minimum Gasteiger partial charge on any atom is -0.456 e. The first-order valence-corrected chi connectivity index (χ1v) is 13.2. The van der Waals surface area contributed by atoms with Crippen LogP contribution in [0.4, 0.5) is 0 Å². The van der Waals surface area contributed by atoms with Gasteiger partial charge in [-0.3, -0.25) is 0 Å². The van der Waals surface area contributed by atoms with Gasteiger partial charge in [-0.2, -0.15) is 0 Å². The van der Waals surface area contributed by atoms with Crippen LogP contribution in [0.25, 0.3) is 88.0 Å². The highest BCUT2D eigenvalue weighted by Crippen LogP contribution is 2.47. The van der Waals surface area contributed by atoms with E-state index in [1.54, 1.807) is 0 Å². The molecule has 0 saturated heterocycles. The van der Waals surface area contributed by atoms with Crippen LogP contribution >= 0.6 is 0 Å². The van der Waals surface area contributed by atoms with Crippen molar-refractivity contribution < 1.29 is 42.8 Å². The predicted molar refractivity (Wildman–Crippen MR) is 190 cm³/mol. The maximum atomic E-state index is 9.91. The molecule has 0 saturated carbocycles. The van der Waals surface area contributed by atoms with Gasteiger partial charge in [-0.1, -0.05) is 139 Å². The highest BCUT2D eigenvalue weighted by atomic mass is 16.3. The number of fused-ring (bicyclic) bond motifs is 5. The minimum absolute atomic E-state index is 0.510. The maximum Gasteiger partial charge on any atom is 0.136 e. The van der Waals surface area contributed by atoms with Crippen LogP contribution in [0, 0.1) is 0 Å². The Hall–Kier alpha value is -5.92. The van der Waals surface area contributed by atoms with Crippen LogP contribution in [-0.2, 0) is 0 Å². The fraction of sp³-hybridized carbons (Fsp3) is 0. The van der Waals surface area contributed by atoms with Gasteiger partial charge in [0.15, 0.2) is 0 Å². The second kappa shape index (κ2) is 10.4. The van der Waals surface area contributed by atoms with E-state index in [1.165, 1.54) is 0 Å².